The number of pyridine rings is 1. The number of anilines is 1. The molecule has 0 aliphatic heterocycles. The average molecular weight is 447 g/mol. The molecule has 2 aromatic rings. The number of nitrogens with zero attached hydrogens (tertiary/aromatic N) is 3. The topological polar surface area (TPSA) is 98.1 Å². The van der Waals surface area contributed by atoms with E-state index in [1.54, 1.807) is 32.9 Å². The fourth-order valence-corrected chi connectivity index (χ4v) is 2.88. The maximum absolute atomic E-state index is 13.6. The number of rotatable bonds is 9. The summed E-state index contributed by atoms with van der Waals surface area (Å²) in [5.41, 5.74) is 0.172. The van der Waals surface area contributed by atoms with Crippen molar-refractivity contribution in [2.45, 2.75) is 51.8 Å². The second-order valence-electron chi connectivity index (χ2n) is 7.86. The molecule has 0 aliphatic rings. The zero-order valence-corrected chi connectivity index (χ0v) is 18.3. The van der Waals surface area contributed by atoms with E-state index in [0.29, 0.717) is 22.4 Å². The van der Waals surface area contributed by atoms with E-state index in [-0.39, 0.29) is 17.8 Å². The molecule has 0 radical (unpaired) electrons. The van der Waals surface area contributed by atoms with Crippen LogP contribution >= 0.6 is 0 Å². The summed E-state index contributed by atoms with van der Waals surface area (Å²) in [4.78, 5) is 28.5. The second kappa shape index (κ2) is 10.7. The van der Waals surface area contributed by atoms with Crippen molar-refractivity contribution < 1.29 is 23.1 Å². The van der Waals surface area contributed by atoms with Gasteiger partial charge in [0.25, 0.3) is 0 Å². The first kappa shape index (κ1) is 24.7. The highest BCUT2D eigenvalue weighted by Crippen LogP contribution is 2.32. The van der Waals surface area contributed by atoms with Gasteiger partial charge < -0.3 is 15.4 Å². The molecular formula is C22H27F2N5O3. The van der Waals surface area contributed by atoms with Gasteiger partial charge in [-0.2, -0.15) is 13.9 Å². The van der Waals surface area contributed by atoms with Gasteiger partial charge in [0.15, 0.2) is 0 Å². The summed E-state index contributed by atoms with van der Waals surface area (Å²) < 4.78 is 33.0. The Labute approximate surface area is 185 Å². The van der Waals surface area contributed by atoms with Crippen molar-refractivity contribution in [3.05, 3.63) is 55.5 Å². The molecule has 2 heterocycles. The van der Waals surface area contributed by atoms with Crippen molar-refractivity contribution in [1.29, 1.82) is 0 Å². The number of hydrogen-bond acceptors (Lipinski definition) is 5. The van der Waals surface area contributed by atoms with Crippen LogP contribution in [-0.2, 0) is 9.53 Å². The van der Waals surface area contributed by atoms with Crippen LogP contribution in [0.4, 0.5) is 19.3 Å². The molecule has 0 bridgehead atoms. The van der Waals surface area contributed by atoms with Crippen molar-refractivity contribution in [3.63, 3.8) is 0 Å². The average Bonchev–Trinajstić information content (AvgIpc) is 3.10. The number of halogens is 2. The van der Waals surface area contributed by atoms with E-state index in [9.17, 15) is 18.4 Å². The van der Waals surface area contributed by atoms with Crippen LogP contribution in [0.5, 0.6) is 0 Å². The van der Waals surface area contributed by atoms with Crippen molar-refractivity contribution in [2.24, 2.45) is 0 Å². The SMILES string of the molecule is C=CCC(=O)Nc1cnn(C(F)F)c1-c1ccnc([C@H](CC=C)NC(=O)OC(C)(C)C)c1. The molecule has 2 rings (SSSR count). The van der Waals surface area contributed by atoms with Crippen LogP contribution in [0.2, 0.25) is 0 Å². The summed E-state index contributed by atoms with van der Waals surface area (Å²) >= 11 is 0. The lowest BCUT2D eigenvalue weighted by Gasteiger charge is -2.23. The standard InChI is InChI=1S/C22H27F2N5O3/c1-6-8-15(28-21(31)32-22(3,4)5)16-12-14(10-11-25-16)19-17(27-18(30)9-7-2)13-26-29(19)20(23)24/h6-7,10-13,15,20H,1-2,8-9H2,3-5H3,(H,27,30)(H,28,31)/t15-/m0/s1. The van der Waals surface area contributed by atoms with Crippen molar-refractivity contribution >= 4 is 17.7 Å². The van der Waals surface area contributed by atoms with Gasteiger partial charge in [-0.1, -0.05) is 12.2 Å². The third-order valence-electron chi connectivity index (χ3n) is 4.09. The van der Waals surface area contributed by atoms with Crippen molar-refractivity contribution in [1.82, 2.24) is 20.1 Å². The monoisotopic (exact) mass is 447 g/mol. The molecule has 0 aromatic carbocycles. The van der Waals surface area contributed by atoms with Gasteiger partial charge in [0.1, 0.15) is 5.60 Å². The highest BCUT2D eigenvalue weighted by molar-refractivity contribution is 5.95. The number of amides is 2. The van der Waals surface area contributed by atoms with Gasteiger partial charge in [-0.05, 0) is 39.3 Å². The quantitative estimate of drug-likeness (QED) is 0.528. The molecule has 1 atom stereocenters. The number of ether oxygens (including phenoxy) is 1. The van der Waals surface area contributed by atoms with Gasteiger partial charge in [-0.15, -0.1) is 13.2 Å². The van der Waals surface area contributed by atoms with Gasteiger partial charge in [-0.25, -0.2) is 9.48 Å². The first-order valence-electron chi connectivity index (χ1n) is 9.88. The van der Waals surface area contributed by atoms with Crippen LogP contribution in [0.15, 0.2) is 49.8 Å². The minimum atomic E-state index is -2.93. The minimum absolute atomic E-state index is 0.00989. The van der Waals surface area contributed by atoms with E-state index >= 15 is 0 Å². The summed E-state index contributed by atoms with van der Waals surface area (Å²) in [6.45, 7) is 9.46. The van der Waals surface area contributed by atoms with Crippen LogP contribution in [0.25, 0.3) is 11.3 Å². The van der Waals surface area contributed by atoms with Crippen LogP contribution in [0, 0.1) is 0 Å². The van der Waals surface area contributed by atoms with Crippen LogP contribution in [0.3, 0.4) is 0 Å². The van der Waals surface area contributed by atoms with Gasteiger partial charge >= 0.3 is 12.6 Å². The first-order chi connectivity index (χ1) is 15.1. The zero-order chi connectivity index (χ0) is 23.9. The summed E-state index contributed by atoms with van der Waals surface area (Å²) in [7, 11) is 0. The predicted octanol–water partition coefficient (Wildman–Crippen LogP) is 5.00. The molecule has 2 aromatic heterocycles. The number of alkyl halides is 2. The Bertz CT molecular complexity index is 982. The van der Waals surface area contributed by atoms with E-state index in [0.717, 1.165) is 6.20 Å². The molecular weight excluding hydrogens is 420 g/mol. The molecule has 0 saturated heterocycles. The molecule has 0 fully saturated rings. The third kappa shape index (κ3) is 6.73. The smallest absolute Gasteiger partial charge is 0.408 e. The summed E-state index contributed by atoms with van der Waals surface area (Å²) in [6, 6.07) is 2.45. The maximum Gasteiger partial charge on any atom is 0.408 e. The Morgan fingerprint density at radius 3 is 2.59 bits per heavy atom. The lowest BCUT2D eigenvalue weighted by atomic mass is 10.1. The normalized spacial score (nSPS) is 12.2. The maximum atomic E-state index is 13.6. The molecule has 0 saturated carbocycles. The number of hydrogen-bond donors (Lipinski definition) is 2. The molecule has 0 unspecified atom stereocenters. The molecule has 10 heteroatoms. The van der Waals surface area contributed by atoms with E-state index < -0.39 is 30.2 Å². The molecule has 0 aliphatic carbocycles. The first-order valence-corrected chi connectivity index (χ1v) is 9.88. The van der Waals surface area contributed by atoms with Crippen LogP contribution in [-0.4, -0.2) is 32.4 Å². The van der Waals surface area contributed by atoms with Crippen molar-refractivity contribution in [3.8, 4) is 11.3 Å². The fraction of sp³-hybridized carbons (Fsp3) is 0.364. The van der Waals surface area contributed by atoms with E-state index in [4.69, 9.17) is 4.74 Å². The largest absolute Gasteiger partial charge is 0.444 e. The number of carbonyl (C=O) groups is 2. The number of nitrogens with one attached hydrogen (secondary N) is 2. The summed E-state index contributed by atoms with van der Waals surface area (Å²) in [5.74, 6) is -0.416. The second-order valence-corrected chi connectivity index (χ2v) is 7.86. The van der Waals surface area contributed by atoms with E-state index in [1.165, 1.54) is 18.3 Å². The Kier molecular flexibility index (Phi) is 8.22. The number of carbonyl (C=O) groups excluding carboxylic acids is 2. The molecule has 32 heavy (non-hydrogen) atoms. The number of alkyl carbamates (subject to hydrolysis) is 1. The summed E-state index contributed by atoms with van der Waals surface area (Å²) in [5, 5.41) is 8.99. The highest BCUT2D eigenvalue weighted by atomic mass is 19.3. The Morgan fingerprint density at radius 1 is 1.28 bits per heavy atom. The Morgan fingerprint density at radius 2 is 2.00 bits per heavy atom. The van der Waals surface area contributed by atoms with E-state index in [2.05, 4.69) is 33.9 Å². The molecule has 172 valence electrons. The molecule has 8 nitrogen and oxygen atoms in total. The Hall–Kier alpha value is -3.56. The fourth-order valence-electron chi connectivity index (χ4n) is 2.88. The van der Waals surface area contributed by atoms with Crippen LogP contribution in [0.1, 0.15) is 51.9 Å². The van der Waals surface area contributed by atoms with Gasteiger partial charge in [0.2, 0.25) is 5.91 Å². The predicted molar refractivity (Wildman–Crippen MR) is 117 cm³/mol. The summed E-state index contributed by atoms with van der Waals surface area (Å²) in [6.07, 6.45) is 5.28. The molecule has 2 N–H and O–H groups in total. The van der Waals surface area contributed by atoms with Gasteiger partial charge in [-0.3, -0.25) is 9.78 Å². The van der Waals surface area contributed by atoms with E-state index in [1.807, 2.05) is 0 Å². The third-order valence-corrected chi connectivity index (χ3v) is 4.09. The molecule has 2 amide bonds. The highest BCUT2D eigenvalue weighted by Gasteiger charge is 2.24. The van der Waals surface area contributed by atoms with Crippen LogP contribution < -0.4 is 10.6 Å². The molecule has 0 spiro atoms. The lowest BCUT2D eigenvalue weighted by Crippen LogP contribution is -2.35. The van der Waals surface area contributed by atoms with Crippen molar-refractivity contribution in [2.75, 3.05) is 5.32 Å². The zero-order valence-electron chi connectivity index (χ0n) is 18.3. The van der Waals surface area contributed by atoms with Gasteiger partial charge in [0, 0.05) is 18.2 Å². The van der Waals surface area contributed by atoms with Gasteiger partial charge in [0.05, 0.1) is 29.3 Å². The minimum Gasteiger partial charge on any atom is -0.444 e. The lowest BCUT2D eigenvalue weighted by molar-refractivity contribution is -0.115. The number of aromatic nitrogens is 3. The Balaban J connectivity index is 2.43.